The van der Waals surface area contributed by atoms with Crippen LogP contribution < -0.4 is 0 Å². The standard InChI is InChI=1S/C16H20N2/c1-5-12-10-17-15(18-11-12)13-6-8-14(9-7-13)16(2,3)4/h6-11H,5H2,1-4H3. The Labute approximate surface area is 109 Å². The second-order valence-corrected chi connectivity index (χ2v) is 5.60. The van der Waals surface area contributed by atoms with Crippen LogP contribution in [0.15, 0.2) is 36.7 Å². The van der Waals surface area contributed by atoms with Gasteiger partial charge in [-0.2, -0.15) is 0 Å². The number of hydrogen-bond donors (Lipinski definition) is 0. The molecule has 1 aromatic carbocycles. The Morgan fingerprint density at radius 3 is 1.94 bits per heavy atom. The minimum absolute atomic E-state index is 0.186. The number of aromatic nitrogens is 2. The van der Waals surface area contributed by atoms with Crippen molar-refractivity contribution in [2.75, 3.05) is 0 Å². The topological polar surface area (TPSA) is 25.8 Å². The summed E-state index contributed by atoms with van der Waals surface area (Å²) in [5, 5.41) is 0. The molecule has 2 aromatic rings. The zero-order valence-corrected chi connectivity index (χ0v) is 11.6. The second-order valence-electron chi connectivity index (χ2n) is 5.60. The van der Waals surface area contributed by atoms with E-state index in [1.165, 1.54) is 11.1 Å². The minimum Gasteiger partial charge on any atom is -0.236 e. The van der Waals surface area contributed by atoms with Gasteiger partial charge >= 0.3 is 0 Å². The molecule has 0 unspecified atom stereocenters. The van der Waals surface area contributed by atoms with Crippen molar-refractivity contribution in [2.45, 2.75) is 39.5 Å². The third kappa shape index (κ3) is 2.76. The van der Waals surface area contributed by atoms with Crippen LogP contribution in [-0.4, -0.2) is 9.97 Å². The fraction of sp³-hybridized carbons (Fsp3) is 0.375. The van der Waals surface area contributed by atoms with E-state index in [2.05, 4.69) is 61.9 Å². The second kappa shape index (κ2) is 4.89. The lowest BCUT2D eigenvalue weighted by molar-refractivity contribution is 0.590. The molecule has 0 aliphatic rings. The molecule has 0 N–H and O–H groups in total. The van der Waals surface area contributed by atoms with E-state index in [-0.39, 0.29) is 5.41 Å². The lowest BCUT2D eigenvalue weighted by atomic mass is 9.87. The molecular formula is C16H20N2. The van der Waals surface area contributed by atoms with Crippen molar-refractivity contribution < 1.29 is 0 Å². The van der Waals surface area contributed by atoms with E-state index in [1.54, 1.807) is 0 Å². The van der Waals surface area contributed by atoms with Crippen molar-refractivity contribution in [3.05, 3.63) is 47.8 Å². The van der Waals surface area contributed by atoms with Crippen LogP contribution in [-0.2, 0) is 11.8 Å². The Hall–Kier alpha value is -1.70. The molecule has 0 atom stereocenters. The van der Waals surface area contributed by atoms with E-state index in [4.69, 9.17) is 0 Å². The molecule has 94 valence electrons. The molecule has 2 rings (SSSR count). The van der Waals surface area contributed by atoms with E-state index >= 15 is 0 Å². The highest BCUT2D eigenvalue weighted by Gasteiger charge is 2.13. The van der Waals surface area contributed by atoms with Gasteiger partial charge in [-0.1, -0.05) is 52.0 Å². The quantitative estimate of drug-likeness (QED) is 0.792. The lowest BCUT2D eigenvalue weighted by Crippen LogP contribution is -2.10. The molecule has 2 heteroatoms. The molecule has 1 heterocycles. The van der Waals surface area contributed by atoms with E-state index in [9.17, 15) is 0 Å². The summed E-state index contributed by atoms with van der Waals surface area (Å²) in [6.45, 7) is 8.76. The SMILES string of the molecule is CCc1cnc(-c2ccc(C(C)(C)C)cc2)nc1. The Kier molecular flexibility index (Phi) is 3.46. The number of nitrogens with zero attached hydrogens (tertiary/aromatic N) is 2. The fourth-order valence-corrected chi connectivity index (χ4v) is 1.81. The molecule has 18 heavy (non-hydrogen) atoms. The summed E-state index contributed by atoms with van der Waals surface area (Å²) in [6.07, 6.45) is 4.78. The van der Waals surface area contributed by atoms with Gasteiger partial charge in [-0.25, -0.2) is 9.97 Å². The first-order valence-electron chi connectivity index (χ1n) is 6.42. The van der Waals surface area contributed by atoms with Crippen LogP contribution in [0.1, 0.15) is 38.8 Å². The van der Waals surface area contributed by atoms with Gasteiger partial charge in [0.1, 0.15) is 0 Å². The van der Waals surface area contributed by atoms with Crippen LogP contribution in [0.2, 0.25) is 0 Å². The van der Waals surface area contributed by atoms with Crippen molar-refractivity contribution in [1.82, 2.24) is 9.97 Å². The number of benzene rings is 1. The molecule has 0 spiro atoms. The maximum Gasteiger partial charge on any atom is 0.159 e. The van der Waals surface area contributed by atoms with Crippen molar-refractivity contribution in [3.63, 3.8) is 0 Å². The Bertz CT molecular complexity index is 504. The molecule has 0 amide bonds. The van der Waals surface area contributed by atoms with Crippen LogP contribution >= 0.6 is 0 Å². The molecule has 0 fully saturated rings. The van der Waals surface area contributed by atoms with Crippen LogP contribution in [0, 0.1) is 0 Å². The van der Waals surface area contributed by atoms with E-state index in [0.717, 1.165) is 17.8 Å². The van der Waals surface area contributed by atoms with Crippen LogP contribution in [0.3, 0.4) is 0 Å². The summed E-state index contributed by atoms with van der Waals surface area (Å²) in [5.74, 6) is 0.799. The average molecular weight is 240 g/mol. The number of rotatable bonds is 2. The van der Waals surface area contributed by atoms with E-state index < -0.39 is 0 Å². The first-order valence-corrected chi connectivity index (χ1v) is 6.42. The maximum atomic E-state index is 4.40. The molecule has 0 radical (unpaired) electrons. The predicted molar refractivity (Wildman–Crippen MR) is 75.5 cm³/mol. The normalized spacial score (nSPS) is 11.6. The van der Waals surface area contributed by atoms with Gasteiger partial charge in [-0.3, -0.25) is 0 Å². The van der Waals surface area contributed by atoms with Gasteiger partial charge in [0.05, 0.1) is 0 Å². The minimum atomic E-state index is 0.186. The fourth-order valence-electron chi connectivity index (χ4n) is 1.81. The highest BCUT2D eigenvalue weighted by molar-refractivity contribution is 5.55. The van der Waals surface area contributed by atoms with Crippen molar-refractivity contribution in [2.24, 2.45) is 0 Å². The summed E-state index contributed by atoms with van der Waals surface area (Å²) >= 11 is 0. The smallest absolute Gasteiger partial charge is 0.159 e. The van der Waals surface area contributed by atoms with Crippen LogP contribution in [0.5, 0.6) is 0 Å². The first kappa shape index (κ1) is 12.7. The maximum absolute atomic E-state index is 4.40. The van der Waals surface area contributed by atoms with Crippen molar-refractivity contribution in [1.29, 1.82) is 0 Å². The van der Waals surface area contributed by atoms with Crippen LogP contribution in [0.25, 0.3) is 11.4 Å². The van der Waals surface area contributed by atoms with Gasteiger partial charge in [0.2, 0.25) is 0 Å². The Morgan fingerprint density at radius 2 is 1.50 bits per heavy atom. The van der Waals surface area contributed by atoms with Crippen molar-refractivity contribution in [3.8, 4) is 11.4 Å². The van der Waals surface area contributed by atoms with Gasteiger partial charge in [0.15, 0.2) is 5.82 Å². The Balaban J connectivity index is 2.28. The van der Waals surface area contributed by atoms with E-state index in [0.29, 0.717) is 0 Å². The summed E-state index contributed by atoms with van der Waals surface area (Å²) < 4.78 is 0. The molecule has 0 saturated heterocycles. The van der Waals surface area contributed by atoms with Crippen LogP contribution in [0.4, 0.5) is 0 Å². The summed E-state index contributed by atoms with van der Waals surface area (Å²) in [5.41, 5.74) is 3.76. The molecule has 2 nitrogen and oxygen atoms in total. The summed E-state index contributed by atoms with van der Waals surface area (Å²) in [7, 11) is 0. The highest BCUT2D eigenvalue weighted by atomic mass is 14.9. The van der Waals surface area contributed by atoms with Gasteiger partial charge in [-0.05, 0) is 23.0 Å². The number of hydrogen-bond acceptors (Lipinski definition) is 2. The van der Waals surface area contributed by atoms with Gasteiger partial charge in [-0.15, -0.1) is 0 Å². The monoisotopic (exact) mass is 240 g/mol. The summed E-state index contributed by atoms with van der Waals surface area (Å²) in [4.78, 5) is 8.80. The third-order valence-electron chi connectivity index (χ3n) is 3.12. The zero-order chi connectivity index (χ0) is 13.2. The van der Waals surface area contributed by atoms with Gasteiger partial charge in [0.25, 0.3) is 0 Å². The third-order valence-corrected chi connectivity index (χ3v) is 3.12. The molecule has 0 saturated carbocycles. The number of aryl methyl sites for hydroxylation is 1. The Morgan fingerprint density at radius 1 is 0.944 bits per heavy atom. The first-order chi connectivity index (χ1) is 8.50. The molecule has 0 aliphatic carbocycles. The molecule has 0 aliphatic heterocycles. The molecule has 1 aromatic heterocycles. The zero-order valence-electron chi connectivity index (χ0n) is 11.6. The largest absolute Gasteiger partial charge is 0.236 e. The average Bonchev–Trinajstić information content (AvgIpc) is 2.38. The highest BCUT2D eigenvalue weighted by Crippen LogP contribution is 2.24. The predicted octanol–water partition coefficient (Wildman–Crippen LogP) is 4.00. The molecule has 0 bridgehead atoms. The van der Waals surface area contributed by atoms with E-state index in [1.807, 2.05) is 12.4 Å². The van der Waals surface area contributed by atoms with Crippen molar-refractivity contribution >= 4 is 0 Å². The van der Waals surface area contributed by atoms with Gasteiger partial charge < -0.3 is 0 Å². The van der Waals surface area contributed by atoms with Gasteiger partial charge in [0, 0.05) is 18.0 Å². The summed E-state index contributed by atoms with van der Waals surface area (Å²) in [6, 6.07) is 8.52. The molecular weight excluding hydrogens is 220 g/mol. The lowest BCUT2D eigenvalue weighted by Gasteiger charge is -2.18.